The third-order valence-electron chi connectivity index (χ3n) is 7.67. The van der Waals surface area contributed by atoms with Crippen LogP contribution in [-0.2, 0) is 42.6 Å². The molecule has 0 bridgehead atoms. The summed E-state index contributed by atoms with van der Waals surface area (Å²) < 4.78 is 10.9. The molecule has 0 spiro atoms. The summed E-state index contributed by atoms with van der Waals surface area (Å²) in [6.07, 6.45) is 3.34. The van der Waals surface area contributed by atoms with Crippen molar-refractivity contribution in [2.45, 2.75) is 56.2 Å². The van der Waals surface area contributed by atoms with Gasteiger partial charge in [0.25, 0.3) is 0 Å². The molecule has 10 nitrogen and oxygen atoms in total. The molecule has 3 aromatic rings. The Balaban J connectivity index is 1.42. The minimum atomic E-state index is -1.01. The molecule has 4 rings (SSSR count). The minimum Gasteiger partial charge on any atom is -0.462 e. The van der Waals surface area contributed by atoms with Gasteiger partial charge in [0, 0.05) is 17.9 Å². The average Bonchev–Trinajstić information content (AvgIpc) is 3.10. The largest absolute Gasteiger partial charge is 0.462 e. The van der Waals surface area contributed by atoms with Crippen molar-refractivity contribution in [3.8, 4) is 0 Å². The van der Waals surface area contributed by atoms with Crippen molar-refractivity contribution < 1.29 is 33.8 Å². The van der Waals surface area contributed by atoms with E-state index in [0.717, 1.165) is 16.7 Å². The van der Waals surface area contributed by atoms with E-state index in [1.807, 2.05) is 91.0 Å². The summed E-state index contributed by atoms with van der Waals surface area (Å²) in [7, 11) is 0. The topological polar surface area (TPSA) is 143 Å². The first-order valence-electron chi connectivity index (χ1n) is 16.0. The number of benzene rings is 3. The van der Waals surface area contributed by atoms with Crippen LogP contribution in [0.2, 0.25) is 0 Å². The SMILES string of the molecule is O=C(C[C@H]1CC=CC[C@@H](NC(=O)OCc2ccccc2)C(=O)OC[C@H](CSCc2ccccc2)NC1=O)N[C@H](CO)Cc1ccccc1. The number of aliphatic hydroxyl groups excluding tert-OH is 1. The normalized spacial score (nSPS) is 19.1. The van der Waals surface area contributed by atoms with Crippen molar-refractivity contribution in [1.82, 2.24) is 16.0 Å². The third kappa shape index (κ3) is 12.9. The minimum absolute atomic E-state index is 0.0449. The van der Waals surface area contributed by atoms with Crippen molar-refractivity contribution >= 4 is 35.6 Å². The fraction of sp³-hybridized carbons (Fsp3) is 0.351. The quantitative estimate of drug-likeness (QED) is 0.155. The van der Waals surface area contributed by atoms with Crippen LogP contribution >= 0.6 is 11.8 Å². The van der Waals surface area contributed by atoms with E-state index < -0.39 is 36.1 Å². The summed E-state index contributed by atoms with van der Waals surface area (Å²) in [5.74, 6) is -0.905. The molecule has 0 radical (unpaired) electrons. The molecular formula is C37H43N3O7S. The Kier molecular flexibility index (Phi) is 15.0. The number of alkyl carbamates (subject to hydrolysis) is 1. The van der Waals surface area contributed by atoms with Gasteiger partial charge in [0.2, 0.25) is 11.8 Å². The van der Waals surface area contributed by atoms with Crippen molar-refractivity contribution in [1.29, 1.82) is 0 Å². The number of allylic oxidation sites excluding steroid dienone is 1. The van der Waals surface area contributed by atoms with Crippen molar-refractivity contribution in [2.24, 2.45) is 5.92 Å². The van der Waals surface area contributed by atoms with E-state index in [4.69, 9.17) is 9.47 Å². The molecular weight excluding hydrogens is 630 g/mol. The fourth-order valence-electron chi connectivity index (χ4n) is 5.09. The van der Waals surface area contributed by atoms with Gasteiger partial charge in [-0.05, 0) is 36.0 Å². The molecule has 1 aliphatic rings. The van der Waals surface area contributed by atoms with E-state index in [2.05, 4.69) is 16.0 Å². The van der Waals surface area contributed by atoms with Crippen LogP contribution in [0.3, 0.4) is 0 Å². The van der Waals surface area contributed by atoms with Crippen LogP contribution in [0.15, 0.2) is 103 Å². The Hall–Kier alpha value is -4.61. The van der Waals surface area contributed by atoms with Gasteiger partial charge in [0.05, 0.1) is 24.6 Å². The average molecular weight is 674 g/mol. The van der Waals surface area contributed by atoms with Crippen molar-refractivity contribution in [2.75, 3.05) is 19.0 Å². The molecule has 0 aromatic heterocycles. The maximum atomic E-state index is 13.5. The number of rotatable bonds is 13. The lowest BCUT2D eigenvalue weighted by Crippen LogP contribution is -2.47. The maximum Gasteiger partial charge on any atom is 0.408 e. The zero-order chi connectivity index (χ0) is 34.0. The molecule has 0 unspecified atom stereocenters. The smallest absolute Gasteiger partial charge is 0.408 e. The highest BCUT2D eigenvalue weighted by atomic mass is 32.2. The molecule has 3 amide bonds. The second-order valence-electron chi connectivity index (χ2n) is 11.6. The number of thioether (sulfide) groups is 1. The van der Waals surface area contributed by atoms with Crippen LogP contribution in [0.4, 0.5) is 4.79 Å². The summed E-state index contributed by atoms with van der Waals surface area (Å²) in [5, 5.41) is 18.4. The van der Waals surface area contributed by atoms with E-state index in [0.29, 0.717) is 17.9 Å². The number of cyclic esters (lactones) is 1. The lowest BCUT2D eigenvalue weighted by Gasteiger charge is -2.25. The molecule has 0 saturated heterocycles. The van der Waals surface area contributed by atoms with E-state index in [1.165, 1.54) is 0 Å². The highest BCUT2D eigenvalue weighted by Gasteiger charge is 2.28. The predicted octanol–water partition coefficient (Wildman–Crippen LogP) is 4.32. The van der Waals surface area contributed by atoms with Gasteiger partial charge < -0.3 is 30.5 Å². The Morgan fingerprint density at radius 3 is 2.19 bits per heavy atom. The highest BCUT2D eigenvalue weighted by molar-refractivity contribution is 7.98. The Bertz CT molecular complexity index is 1470. The number of aliphatic hydroxyl groups is 1. The third-order valence-corrected chi connectivity index (χ3v) is 8.84. The van der Waals surface area contributed by atoms with Crippen molar-refractivity contribution in [3.63, 3.8) is 0 Å². The lowest BCUT2D eigenvalue weighted by molar-refractivity contribution is -0.147. The number of amides is 3. The first-order chi connectivity index (χ1) is 23.4. The molecule has 11 heteroatoms. The van der Waals surface area contributed by atoms with Gasteiger partial charge in [-0.1, -0.05) is 103 Å². The first kappa shape index (κ1) is 36.2. The molecule has 1 heterocycles. The van der Waals surface area contributed by atoms with Crippen LogP contribution in [0.1, 0.15) is 36.0 Å². The van der Waals surface area contributed by atoms with Gasteiger partial charge in [-0.3, -0.25) is 9.59 Å². The summed E-state index contributed by atoms with van der Waals surface area (Å²) in [6.45, 7) is -0.315. The molecule has 48 heavy (non-hydrogen) atoms. The monoisotopic (exact) mass is 673 g/mol. The van der Waals surface area contributed by atoms with Crippen LogP contribution < -0.4 is 16.0 Å². The predicted molar refractivity (Wildman–Crippen MR) is 185 cm³/mol. The number of hydrogen-bond acceptors (Lipinski definition) is 8. The van der Waals surface area contributed by atoms with Crippen molar-refractivity contribution in [3.05, 3.63) is 120 Å². The standard InChI is InChI=1S/C37H43N3O7S/c41-22-31(20-27-12-4-1-5-13-27)38-34(42)21-30-18-10-11-19-33(40-37(45)47-23-28-14-6-2-7-15-28)36(44)46-24-32(39-35(30)43)26-48-25-29-16-8-3-9-17-29/h1-17,30-33,41H,18-26H2,(H,38,42)(H,39,43)(H,40,45)/t30-,31+,32-,33-/m1/s1. The van der Waals surface area contributed by atoms with Crippen LogP contribution in [0.5, 0.6) is 0 Å². The Labute approximate surface area is 285 Å². The summed E-state index contributed by atoms with van der Waals surface area (Å²) in [4.78, 5) is 52.4. The second kappa shape index (κ2) is 19.9. The van der Waals surface area contributed by atoms with E-state index in [1.54, 1.807) is 23.9 Å². The molecule has 0 aliphatic carbocycles. The summed E-state index contributed by atoms with van der Waals surface area (Å²) >= 11 is 1.58. The fourth-order valence-corrected chi connectivity index (χ4v) is 6.10. The van der Waals surface area contributed by atoms with Crippen LogP contribution in [0.25, 0.3) is 0 Å². The van der Waals surface area contributed by atoms with Crippen LogP contribution in [0, 0.1) is 5.92 Å². The maximum absolute atomic E-state index is 13.5. The molecule has 0 saturated carbocycles. The molecule has 4 N–H and O–H groups in total. The summed E-state index contributed by atoms with van der Waals surface area (Å²) in [5.41, 5.74) is 2.90. The molecule has 4 atom stereocenters. The number of esters is 1. The van der Waals surface area contributed by atoms with E-state index in [-0.39, 0.29) is 50.9 Å². The molecule has 0 fully saturated rings. The number of carbonyl (C=O) groups is 4. The molecule has 1 aliphatic heterocycles. The van der Waals surface area contributed by atoms with Crippen LogP contribution in [-0.4, -0.2) is 66.1 Å². The van der Waals surface area contributed by atoms with Gasteiger partial charge in [0.1, 0.15) is 19.3 Å². The highest BCUT2D eigenvalue weighted by Crippen LogP contribution is 2.17. The number of carbonyl (C=O) groups excluding carboxylic acids is 4. The van der Waals surface area contributed by atoms with E-state index in [9.17, 15) is 24.3 Å². The molecule has 3 aromatic carbocycles. The van der Waals surface area contributed by atoms with Gasteiger partial charge in [-0.25, -0.2) is 9.59 Å². The van der Waals surface area contributed by atoms with Gasteiger partial charge in [0.15, 0.2) is 0 Å². The van der Waals surface area contributed by atoms with Gasteiger partial charge in [-0.15, -0.1) is 0 Å². The van der Waals surface area contributed by atoms with Gasteiger partial charge in [-0.2, -0.15) is 11.8 Å². The lowest BCUT2D eigenvalue weighted by atomic mass is 9.97. The van der Waals surface area contributed by atoms with E-state index >= 15 is 0 Å². The van der Waals surface area contributed by atoms with Gasteiger partial charge >= 0.3 is 12.1 Å². The second-order valence-corrected chi connectivity index (χ2v) is 12.6. The number of ether oxygens (including phenoxy) is 2. The zero-order valence-corrected chi connectivity index (χ0v) is 27.6. The number of hydrogen-bond donors (Lipinski definition) is 4. The Morgan fingerprint density at radius 1 is 0.896 bits per heavy atom. The molecule has 254 valence electrons. The number of nitrogens with one attached hydrogen (secondary N) is 3. The summed E-state index contributed by atoms with van der Waals surface area (Å²) in [6, 6.07) is 26.6. The zero-order valence-electron chi connectivity index (χ0n) is 26.8. The first-order valence-corrected chi connectivity index (χ1v) is 17.2. The Morgan fingerprint density at radius 2 is 1.52 bits per heavy atom.